The molecule has 0 bridgehead atoms. The maximum absolute atomic E-state index is 12.4. The zero-order chi connectivity index (χ0) is 21.0. The van der Waals surface area contributed by atoms with Gasteiger partial charge in [0.25, 0.3) is 0 Å². The number of nitrogens with one attached hydrogen (secondary N) is 1. The van der Waals surface area contributed by atoms with Crippen LogP contribution in [0.3, 0.4) is 0 Å². The average molecular weight is 393 g/mol. The van der Waals surface area contributed by atoms with Gasteiger partial charge in [-0.15, -0.1) is 0 Å². The summed E-state index contributed by atoms with van der Waals surface area (Å²) >= 11 is 0. The van der Waals surface area contributed by atoms with E-state index in [1.165, 1.54) is 11.1 Å². The Hall–Kier alpha value is -3.08. The van der Waals surface area contributed by atoms with Gasteiger partial charge in [-0.05, 0) is 48.6 Å². The van der Waals surface area contributed by atoms with Gasteiger partial charge in [-0.3, -0.25) is 0 Å². The van der Waals surface area contributed by atoms with Crippen molar-refractivity contribution in [3.8, 4) is 11.1 Å². The lowest BCUT2D eigenvalue weighted by molar-refractivity contribution is -0.155. The summed E-state index contributed by atoms with van der Waals surface area (Å²) in [5.74, 6) is -0.536. The molecule has 0 aliphatic heterocycles. The largest absolute Gasteiger partial charge is 0.454 e. The Morgan fingerprint density at radius 3 is 2.17 bits per heavy atom. The SMILES string of the molecule is C=CC(C)(C)OC(=O)[C@H](CC)NC(=O)OCC1c2ccccc2-c2ccccc21. The summed E-state index contributed by atoms with van der Waals surface area (Å²) in [6.45, 7) is 9.12. The molecule has 2 aromatic carbocycles. The van der Waals surface area contributed by atoms with Crippen molar-refractivity contribution in [2.45, 2.75) is 44.8 Å². The first kappa shape index (κ1) is 20.6. The molecule has 5 heteroatoms. The molecule has 1 aliphatic carbocycles. The number of alkyl carbamates (subject to hydrolysis) is 1. The lowest BCUT2D eigenvalue weighted by Crippen LogP contribution is -2.44. The Morgan fingerprint density at radius 1 is 1.10 bits per heavy atom. The summed E-state index contributed by atoms with van der Waals surface area (Å²) in [4.78, 5) is 24.7. The predicted octanol–water partition coefficient (Wildman–Crippen LogP) is 4.81. The van der Waals surface area contributed by atoms with Crippen molar-refractivity contribution in [2.24, 2.45) is 0 Å². The lowest BCUT2D eigenvalue weighted by Gasteiger charge is -2.24. The molecular formula is C24H27NO4. The summed E-state index contributed by atoms with van der Waals surface area (Å²) in [7, 11) is 0. The molecule has 0 unspecified atom stereocenters. The van der Waals surface area contributed by atoms with E-state index in [9.17, 15) is 9.59 Å². The van der Waals surface area contributed by atoms with Gasteiger partial charge in [0, 0.05) is 5.92 Å². The van der Waals surface area contributed by atoms with Gasteiger partial charge >= 0.3 is 12.1 Å². The van der Waals surface area contributed by atoms with E-state index in [1.807, 2.05) is 24.3 Å². The van der Waals surface area contributed by atoms with Gasteiger partial charge in [0.2, 0.25) is 0 Å². The second-order valence-electron chi connectivity index (χ2n) is 7.66. The summed E-state index contributed by atoms with van der Waals surface area (Å²) < 4.78 is 10.9. The molecule has 1 aliphatic rings. The maximum atomic E-state index is 12.4. The number of fused-ring (bicyclic) bond motifs is 3. The van der Waals surface area contributed by atoms with Gasteiger partial charge in [-0.25, -0.2) is 9.59 Å². The number of amides is 1. The fraction of sp³-hybridized carbons (Fsp3) is 0.333. The summed E-state index contributed by atoms with van der Waals surface area (Å²) in [6.07, 6.45) is 1.31. The van der Waals surface area contributed by atoms with E-state index in [0.717, 1.165) is 11.1 Å². The van der Waals surface area contributed by atoms with Crippen LogP contribution in [-0.2, 0) is 14.3 Å². The highest BCUT2D eigenvalue weighted by atomic mass is 16.6. The van der Waals surface area contributed by atoms with Crippen LogP contribution in [0.5, 0.6) is 0 Å². The van der Waals surface area contributed by atoms with Gasteiger partial charge in [-0.1, -0.05) is 62.0 Å². The van der Waals surface area contributed by atoms with Gasteiger partial charge < -0.3 is 14.8 Å². The second-order valence-corrected chi connectivity index (χ2v) is 7.66. The topological polar surface area (TPSA) is 64.6 Å². The van der Waals surface area contributed by atoms with Gasteiger partial charge in [0.1, 0.15) is 18.2 Å². The molecule has 3 rings (SSSR count). The third kappa shape index (κ3) is 4.50. The maximum Gasteiger partial charge on any atom is 0.407 e. The van der Waals surface area contributed by atoms with E-state index in [1.54, 1.807) is 26.8 Å². The zero-order valence-corrected chi connectivity index (χ0v) is 17.1. The predicted molar refractivity (Wildman–Crippen MR) is 113 cm³/mol. The van der Waals surface area contributed by atoms with Crippen LogP contribution < -0.4 is 5.32 Å². The third-order valence-corrected chi connectivity index (χ3v) is 5.18. The number of hydrogen-bond donors (Lipinski definition) is 1. The molecule has 2 aromatic rings. The molecule has 1 N–H and O–H groups in total. The van der Waals surface area contributed by atoms with Gasteiger partial charge in [0.05, 0.1) is 0 Å². The van der Waals surface area contributed by atoms with Crippen molar-refractivity contribution in [1.82, 2.24) is 5.32 Å². The van der Waals surface area contributed by atoms with Crippen LogP contribution in [0.2, 0.25) is 0 Å². The van der Waals surface area contributed by atoms with Crippen molar-refractivity contribution < 1.29 is 19.1 Å². The van der Waals surface area contributed by atoms with Crippen LogP contribution >= 0.6 is 0 Å². The molecule has 29 heavy (non-hydrogen) atoms. The highest BCUT2D eigenvalue weighted by molar-refractivity contribution is 5.82. The van der Waals surface area contributed by atoms with Crippen LogP contribution in [0.25, 0.3) is 11.1 Å². The van der Waals surface area contributed by atoms with Crippen molar-refractivity contribution in [2.75, 3.05) is 6.61 Å². The third-order valence-electron chi connectivity index (χ3n) is 5.18. The number of ether oxygens (including phenoxy) is 2. The van der Waals surface area contributed by atoms with E-state index in [2.05, 4.69) is 36.2 Å². The van der Waals surface area contributed by atoms with Crippen molar-refractivity contribution in [3.63, 3.8) is 0 Å². The molecule has 0 saturated carbocycles. The Kier molecular flexibility index (Phi) is 6.06. The minimum absolute atomic E-state index is 0.0279. The highest BCUT2D eigenvalue weighted by Crippen LogP contribution is 2.44. The zero-order valence-electron chi connectivity index (χ0n) is 17.1. The second kappa shape index (κ2) is 8.52. The minimum Gasteiger partial charge on any atom is -0.454 e. The number of esters is 1. The Bertz CT molecular complexity index is 873. The van der Waals surface area contributed by atoms with E-state index in [4.69, 9.17) is 9.47 Å². The van der Waals surface area contributed by atoms with Crippen LogP contribution in [0.15, 0.2) is 61.2 Å². The van der Waals surface area contributed by atoms with E-state index < -0.39 is 23.7 Å². The molecule has 0 radical (unpaired) electrons. The molecule has 0 heterocycles. The monoisotopic (exact) mass is 393 g/mol. The highest BCUT2D eigenvalue weighted by Gasteiger charge is 2.30. The summed E-state index contributed by atoms with van der Waals surface area (Å²) in [6, 6.07) is 15.5. The van der Waals surface area contributed by atoms with Crippen LogP contribution in [0, 0.1) is 0 Å². The number of carbonyl (C=O) groups excluding carboxylic acids is 2. The minimum atomic E-state index is -0.798. The average Bonchev–Trinajstić information content (AvgIpc) is 3.04. The van der Waals surface area contributed by atoms with E-state index in [0.29, 0.717) is 6.42 Å². The fourth-order valence-corrected chi connectivity index (χ4v) is 3.48. The summed E-state index contributed by atoms with van der Waals surface area (Å²) in [5.41, 5.74) is 3.81. The van der Waals surface area contributed by atoms with Gasteiger partial charge in [-0.2, -0.15) is 0 Å². The standard InChI is InChI=1S/C24H27NO4/c1-5-21(22(26)29-24(3,4)6-2)25-23(27)28-15-20-18-13-9-7-11-16(18)17-12-8-10-14-19(17)20/h6-14,20-21H,2,5,15H2,1,3-4H3,(H,25,27)/t21-/m0/s1. The number of carbonyl (C=O) groups is 2. The Labute approximate surface area is 171 Å². The Balaban J connectivity index is 1.65. The van der Waals surface area contributed by atoms with Crippen LogP contribution in [0.4, 0.5) is 4.79 Å². The number of benzene rings is 2. The molecule has 1 amide bonds. The first-order chi connectivity index (χ1) is 13.9. The van der Waals surface area contributed by atoms with Gasteiger partial charge in [0.15, 0.2) is 0 Å². The van der Waals surface area contributed by atoms with Crippen molar-refractivity contribution >= 4 is 12.1 Å². The smallest absolute Gasteiger partial charge is 0.407 e. The Morgan fingerprint density at radius 2 is 1.66 bits per heavy atom. The number of rotatable bonds is 7. The summed E-state index contributed by atoms with van der Waals surface area (Å²) in [5, 5.41) is 2.62. The fourth-order valence-electron chi connectivity index (χ4n) is 3.48. The van der Waals surface area contributed by atoms with E-state index in [-0.39, 0.29) is 12.5 Å². The molecule has 0 fully saturated rings. The molecule has 5 nitrogen and oxygen atoms in total. The molecule has 1 atom stereocenters. The first-order valence-electron chi connectivity index (χ1n) is 9.84. The lowest BCUT2D eigenvalue weighted by atomic mass is 9.98. The number of hydrogen-bond acceptors (Lipinski definition) is 4. The molecule has 0 spiro atoms. The van der Waals surface area contributed by atoms with Crippen molar-refractivity contribution in [3.05, 3.63) is 72.3 Å². The molecular weight excluding hydrogens is 366 g/mol. The van der Waals surface area contributed by atoms with Crippen LogP contribution in [0.1, 0.15) is 44.2 Å². The molecule has 0 aromatic heterocycles. The normalized spacial score (nSPS) is 13.8. The quantitative estimate of drug-likeness (QED) is 0.541. The first-order valence-corrected chi connectivity index (χ1v) is 9.84. The van der Waals surface area contributed by atoms with Crippen molar-refractivity contribution in [1.29, 1.82) is 0 Å². The van der Waals surface area contributed by atoms with Crippen LogP contribution in [-0.4, -0.2) is 30.3 Å². The molecule has 152 valence electrons. The van der Waals surface area contributed by atoms with E-state index >= 15 is 0 Å². The molecule has 0 saturated heterocycles.